The van der Waals surface area contributed by atoms with Gasteiger partial charge in [0.2, 0.25) is 5.95 Å². The van der Waals surface area contributed by atoms with Crippen LogP contribution < -0.4 is 20.9 Å². The maximum absolute atomic E-state index is 6.07. The van der Waals surface area contributed by atoms with Gasteiger partial charge in [0.15, 0.2) is 0 Å². The number of nitrogen functional groups attached to an aromatic ring is 2. The third-order valence-electron chi connectivity index (χ3n) is 3.91. The lowest BCUT2D eigenvalue weighted by Crippen LogP contribution is -2.05. The van der Waals surface area contributed by atoms with E-state index < -0.39 is 0 Å². The van der Waals surface area contributed by atoms with Crippen LogP contribution in [0.15, 0.2) is 48.7 Å². The van der Waals surface area contributed by atoms with Crippen molar-refractivity contribution in [3.63, 3.8) is 0 Å². The summed E-state index contributed by atoms with van der Waals surface area (Å²) in [4.78, 5) is 8.06. The topological polar surface area (TPSA) is 96.3 Å². The molecular formula is C20H21IN4O2. The maximum atomic E-state index is 6.07. The molecule has 140 valence electrons. The highest BCUT2D eigenvalue weighted by Crippen LogP contribution is 2.34. The van der Waals surface area contributed by atoms with Gasteiger partial charge in [0.25, 0.3) is 0 Å². The quantitative estimate of drug-likeness (QED) is 0.504. The minimum Gasteiger partial charge on any atom is -0.493 e. The van der Waals surface area contributed by atoms with E-state index in [4.69, 9.17) is 20.9 Å². The second kappa shape index (κ2) is 8.90. The molecule has 4 N–H and O–H groups in total. The Balaban J connectivity index is 1.88. The molecule has 0 saturated heterocycles. The molecule has 0 unspecified atom stereocenters. The highest BCUT2D eigenvalue weighted by atomic mass is 127. The third kappa shape index (κ3) is 5.00. The lowest BCUT2D eigenvalue weighted by Gasteiger charge is -2.15. The van der Waals surface area contributed by atoms with Gasteiger partial charge >= 0.3 is 0 Å². The highest BCUT2D eigenvalue weighted by Gasteiger charge is 2.13. The Kier molecular flexibility index (Phi) is 6.33. The lowest BCUT2D eigenvalue weighted by atomic mass is 10.1. The average molecular weight is 476 g/mol. The van der Waals surface area contributed by atoms with Crippen LogP contribution in [0.25, 0.3) is 0 Å². The summed E-state index contributed by atoms with van der Waals surface area (Å²) in [5, 5.41) is 0. The van der Waals surface area contributed by atoms with E-state index in [0.29, 0.717) is 25.5 Å². The predicted molar refractivity (Wildman–Crippen MR) is 115 cm³/mol. The number of hydrogen-bond donors (Lipinski definition) is 2. The monoisotopic (exact) mass is 476 g/mol. The number of nitrogens with two attached hydrogens (primary N) is 2. The molecule has 6 nitrogen and oxygen atoms in total. The molecule has 0 radical (unpaired) electrons. The predicted octanol–water partition coefficient (Wildman–Crippen LogP) is 3.81. The second-order valence-electron chi connectivity index (χ2n) is 5.93. The fraction of sp³-hybridized carbons (Fsp3) is 0.200. The molecule has 0 atom stereocenters. The van der Waals surface area contributed by atoms with Crippen molar-refractivity contribution >= 4 is 34.4 Å². The van der Waals surface area contributed by atoms with Gasteiger partial charge < -0.3 is 20.9 Å². The van der Waals surface area contributed by atoms with Gasteiger partial charge in [0.1, 0.15) is 23.9 Å². The molecule has 0 bridgehead atoms. The molecule has 27 heavy (non-hydrogen) atoms. The first-order valence-corrected chi connectivity index (χ1v) is 9.63. The molecule has 0 spiro atoms. The summed E-state index contributed by atoms with van der Waals surface area (Å²) in [5.41, 5.74) is 14.5. The molecule has 0 fully saturated rings. The van der Waals surface area contributed by atoms with Crippen molar-refractivity contribution < 1.29 is 9.47 Å². The fourth-order valence-corrected chi connectivity index (χ4v) is 3.24. The van der Waals surface area contributed by atoms with Crippen LogP contribution in [-0.4, -0.2) is 16.6 Å². The van der Waals surface area contributed by atoms with Gasteiger partial charge in [-0.15, -0.1) is 0 Å². The standard InChI is InChI=1S/C20H21IN4O2/c1-2-26-16-9-14(8-15-11-24-20(23)25-19(15)22)10-17(18(16)21)27-12-13-6-4-3-5-7-13/h3-7,9-11H,2,8,12H2,1H3,(H4,22,23,24,25). The van der Waals surface area contributed by atoms with E-state index in [-0.39, 0.29) is 5.95 Å². The van der Waals surface area contributed by atoms with E-state index in [2.05, 4.69) is 32.6 Å². The summed E-state index contributed by atoms with van der Waals surface area (Å²) in [6, 6.07) is 14.0. The van der Waals surface area contributed by atoms with Crippen LogP contribution in [0.1, 0.15) is 23.6 Å². The maximum Gasteiger partial charge on any atom is 0.221 e. The van der Waals surface area contributed by atoms with Crippen molar-refractivity contribution in [3.05, 3.63) is 68.9 Å². The second-order valence-corrected chi connectivity index (χ2v) is 7.01. The molecule has 2 aromatic carbocycles. The zero-order valence-corrected chi connectivity index (χ0v) is 17.1. The molecule has 1 heterocycles. The summed E-state index contributed by atoms with van der Waals surface area (Å²) in [6.07, 6.45) is 2.21. The van der Waals surface area contributed by atoms with Crippen molar-refractivity contribution in [3.8, 4) is 11.5 Å². The average Bonchev–Trinajstić information content (AvgIpc) is 2.66. The fourth-order valence-electron chi connectivity index (χ4n) is 2.62. The Hall–Kier alpha value is -2.55. The Bertz CT molecular complexity index is 919. The summed E-state index contributed by atoms with van der Waals surface area (Å²) in [5.74, 6) is 2.11. The Morgan fingerprint density at radius 3 is 2.37 bits per heavy atom. The van der Waals surface area contributed by atoms with Crippen molar-refractivity contribution in [2.75, 3.05) is 18.1 Å². The van der Waals surface area contributed by atoms with E-state index in [1.165, 1.54) is 0 Å². The number of hydrogen-bond acceptors (Lipinski definition) is 6. The normalized spacial score (nSPS) is 10.6. The number of benzene rings is 2. The first-order valence-electron chi connectivity index (χ1n) is 8.55. The number of rotatable bonds is 7. The van der Waals surface area contributed by atoms with Crippen molar-refractivity contribution in [1.82, 2.24) is 9.97 Å². The zero-order chi connectivity index (χ0) is 19.2. The smallest absolute Gasteiger partial charge is 0.221 e. The molecule has 0 aliphatic carbocycles. The van der Waals surface area contributed by atoms with Gasteiger partial charge in [-0.2, -0.15) is 4.98 Å². The SMILES string of the molecule is CCOc1cc(Cc2cnc(N)nc2N)cc(OCc2ccccc2)c1I. The van der Waals surface area contributed by atoms with E-state index in [1.54, 1.807) is 6.20 Å². The summed E-state index contributed by atoms with van der Waals surface area (Å²) in [6.45, 7) is 3.02. The minimum atomic E-state index is 0.167. The van der Waals surface area contributed by atoms with Gasteiger partial charge in [-0.3, -0.25) is 0 Å². The van der Waals surface area contributed by atoms with Crippen LogP contribution >= 0.6 is 22.6 Å². The largest absolute Gasteiger partial charge is 0.493 e. The van der Waals surface area contributed by atoms with Crippen molar-refractivity contribution in [2.24, 2.45) is 0 Å². The van der Waals surface area contributed by atoms with Crippen LogP contribution in [0.3, 0.4) is 0 Å². The molecule has 1 aromatic heterocycles. The Morgan fingerprint density at radius 2 is 1.70 bits per heavy atom. The number of halogens is 1. The molecule has 0 aliphatic rings. The van der Waals surface area contributed by atoms with Crippen LogP contribution in [0, 0.1) is 3.57 Å². The van der Waals surface area contributed by atoms with Gasteiger partial charge in [-0.25, -0.2) is 4.98 Å². The number of anilines is 2. The minimum absolute atomic E-state index is 0.167. The number of aromatic nitrogens is 2. The Labute approximate surface area is 172 Å². The van der Waals surface area contributed by atoms with Gasteiger partial charge in [0.05, 0.1) is 10.2 Å². The van der Waals surface area contributed by atoms with Crippen LogP contribution in [-0.2, 0) is 13.0 Å². The zero-order valence-electron chi connectivity index (χ0n) is 15.0. The van der Waals surface area contributed by atoms with Crippen LogP contribution in [0.4, 0.5) is 11.8 Å². The lowest BCUT2D eigenvalue weighted by molar-refractivity contribution is 0.295. The Morgan fingerprint density at radius 1 is 1.00 bits per heavy atom. The number of nitrogens with zero attached hydrogens (tertiary/aromatic N) is 2. The molecule has 7 heteroatoms. The summed E-state index contributed by atoms with van der Waals surface area (Å²) < 4.78 is 12.8. The van der Waals surface area contributed by atoms with E-state index in [9.17, 15) is 0 Å². The van der Waals surface area contributed by atoms with E-state index in [1.807, 2.05) is 49.4 Å². The van der Waals surface area contributed by atoms with Crippen molar-refractivity contribution in [2.45, 2.75) is 20.0 Å². The van der Waals surface area contributed by atoms with Gasteiger partial charge in [0, 0.05) is 18.2 Å². The molecular weight excluding hydrogens is 455 g/mol. The van der Waals surface area contributed by atoms with Crippen molar-refractivity contribution in [1.29, 1.82) is 0 Å². The molecule has 0 amide bonds. The van der Waals surface area contributed by atoms with Crippen LogP contribution in [0.2, 0.25) is 0 Å². The molecule has 0 aliphatic heterocycles. The molecule has 0 saturated carbocycles. The van der Waals surface area contributed by atoms with Gasteiger partial charge in [-0.05, 0) is 52.8 Å². The summed E-state index contributed by atoms with van der Waals surface area (Å²) >= 11 is 2.25. The first-order chi connectivity index (χ1) is 13.1. The van der Waals surface area contributed by atoms with E-state index in [0.717, 1.165) is 31.8 Å². The van der Waals surface area contributed by atoms with Crippen LogP contribution in [0.5, 0.6) is 11.5 Å². The summed E-state index contributed by atoms with van der Waals surface area (Å²) in [7, 11) is 0. The van der Waals surface area contributed by atoms with Gasteiger partial charge in [-0.1, -0.05) is 30.3 Å². The third-order valence-corrected chi connectivity index (χ3v) is 4.98. The first kappa shape index (κ1) is 19.2. The highest BCUT2D eigenvalue weighted by molar-refractivity contribution is 14.1. The number of ether oxygens (including phenoxy) is 2. The van der Waals surface area contributed by atoms with E-state index >= 15 is 0 Å². The molecule has 3 rings (SSSR count). The molecule has 3 aromatic rings.